The number of benzene rings is 2. The van der Waals surface area contributed by atoms with Crippen LogP contribution >= 0.6 is 11.3 Å². The van der Waals surface area contributed by atoms with Gasteiger partial charge in [-0.1, -0.05) is 34.5 Å². The average molecular weight is 432 g/mol. The average Bonchev–Trinajstić information content (AvgIpc) is 3.39. The van der Waals surface area contributed by atoms with Crippen LogP contribution in [-0.4, -0.2) is 26.3 Å². The Morgan fingerprint density at radius 2 is 1.93 bits per heavy atom. The van der Waals surface area contributed by atoms with E-state index < -0.39 is 28.2 Å². The zero-order valence-electron chi connectivity index (χ0n) is 15.2. The van der Waals surface area contributed by atoms with Gasteiger partial charge in [0.2, 0.25) is 5.91 Å². The van der Waals surface area contributed by atoms with Gasteiger partial charge in [0.1, 0.15) is 5.82 Å². The van der Waals surface area contributed by atoms with E-state index in [1.54, 1.807) is 41.9 Å². The summed E-state index contributed by atoms with van der Waals surface area (Å²) in [4.78, 5) is 16.9. The molecule has 1 saturated heterocycles. The first-order valence-corrected chi connectivity index (χ1v) is 11.3. The van der Waals surface area contributed by atoms with Crippen LogP contribution in [0.15, 0.2) is 71.1 Å². The van der Waals surface area contributed by atoms with Crippen LogP contribution < -0.4 is 5.32 Å². The van der Waals surface area contributed by atoms with Gasteiger partial charge in [0.15, 0.2) is 20.4 Å². The number of amides is 1. The van der Waals surface area contributed by atoms with Gasteiger partial charge in [0.05, 0.1) is 18.5 Å². The Hall–Kier alpha value is -2.46. The van der Waals surface area contributed by atoms with Crippen molar-refractivity contribution in [2.45, 2.75) is 17.4 Å². The summed E-state index contributed by atoms with van der Waals surface area (Å²) in [5.41, 5.74) is 0.649. The van der Waals surface area contributed by atoms with Gasteiger partial charge in [-0.25, -0.2) is 9.37 Å². The van der Waals surface area contributed by atoms with E-state index in [-0.39, 0.29) is 17.3 Å². The van der Waals surface area contributed by atoms with Crippen molar-refractivity contribution >= 4 is 32.8 Å². The number of aromatic nitrogens is 1. The summed E-state index contributed by atoms with van der Waals surface area (Å²) >= 11 is 1.30. The molecule has 1 amide bonds. The molecule has 0 saturated carbocycles. The third kappa shape index (κ3) is 4.13. The molecular formula is C20H18FN3O3S2. The zero-order valence-corrected chi connectivity index (χ0v) is 16.9. The second kappa shape index (κ2) is 8.11. The quantitative estimate of drug-likeness (QED) is 0.621. The Balaban J connectivity index is 1.65. The van der Waals surface area contributed by atoms with E-state index in [1.807, 2.05) is 0 Å². The number of nitrogens with zero attached hydrogens (tertiary/aromatic N) is 2. The highest BCUT2D eigenvalue weighted by Gasteiger charge is 2.47. The van der Waals surface area contributed by atoms with Crippen molar-refractivity contribution in [3.8, 4) is 0 Å². The van der Waals surface area contributed by atoms with Gasteiger partial charge in [-0.2, -0.15) is 0 Å². The van der Waals surface area contributed by atoms with Gasteiger partial charge in [0, 0.05) is 11.6 Å². The summed E-state index contributed by atoms with van der Waals surface area (Å²) in [5.74, 6) is -1.23. The Morgan fingerprint density at radius 1 is 1.21 bits per heavy atom. The minimum absolute atomic E-state index is 0.0382. The number of nitrogens with one attached hydrogen (secondary N) is 1. The molecule has 6 nitrogen and oxygen atoms in total. The molecule has 29 heavy (non-hydrogen) atoms. The molecule has 4 rings (SSSR count). The van der Waals surface area contributed by atoms with Crippen LogP contribution in [0.1, 0.15) is 18.0 Å². The maximum absolute atomic E-state index is 13.4. The molecule has 1 fully saturated rings. The molecule has 0 spiro atoms. The summed E-state index contributed by atoms with van der Waals surface area (Å²) in [6.45, 7) is 0.0382. The molecule has 0 aliphatic carbocycles. The van der Waals surface area contributed by atoms with Crippen LogP contribution in [0.25, 0.3) is 0 Å². The number of thiazole rings is 1. The fourth-order valence-corrected chi connectivity index (χ4v) is 5.69. The Morgan fingerprint density at radius 3 is 2.59 bits per heavy atom. The van der Waals surface area contributed by atoms with Crippen LogP contribution in [0.2, 0.25) is 0 Å². The minimum atomic E-state index is -3.83. The summed E-state index contributed by atoms with van der Waals surface area (Å²) in [6.07, 6.45) is 1.89. The molecule has 0 bridgehead atoms. The van der Waals surface area contributed by atoms with Crippen LogP contribution in [0.3, 0.4) is 0 Å². The van der Waals surface area contributed by atoms with Gasteiger partial charge in [0.25, 0.3) is 0 Å². The molecule has 150 valence electrons. The second-order valence-electron chi connectivity index (χ2n) is 6.71. The van der Waals surface area contributed by atoms with E-state index in [1.165, 1.54) is 39.9 Å². The van der Waals surface area contributed by atoms with Crippen molar-refractivity contribution in [3.05, 3.63) is 77.6 Å². The van der Waals surface area contributed by atoms with E-state index in [2.05, 4.69) is 10.3 Å². The lowest BCUT2D eigenvalue weighted by Gasteiger charge is -2.28. The first-order chi connectivity index (χ1) is 13.9. The third-order valence-electron chi connectivity index (χ3n) is 4.89. The lowest BCUT2D eigenvalue weighted by atomic mass is 9.99. The SMILES string of the molecule is O=C(Nc1nccs1)[C@@H]1C[C@@H](c2ccc(F)cc2)N([S+](=O)([O-])c2ccccc2)C1. The highest BCUT2D eigenvalue weighted by molar-refractivity contribution is 7.95. The zero-order chi connectivity index (χ0) is 20.4. The summed E-state index contributed by atoms with van der Waals surface area (Å²) in [7, 11) is -3.83. The predicted molar refractivity (Wildman–Crippen MR) is 108 cm³/mol. The topological polar surface area (TPSA) is 85.4 Å². The van der Waals surface area contributed by atoms with Gasteiger partial charge in [-0.3, -0.25) is 4.79 Å². The number of carbonyl (C=O) groups is 1. The Bertz CT molecular complexity index is 1030. The molecule has 2 heterocycles. The number of hydrogen-bond donors (Lipinski definition) is 1. The normalized spacial score (nSPS) is 21.6. The fourth-order valence-electron chi connectivity index (χ4n) is 3.47. The molecule has 3 aromatic rings. The lowest BCUT2D eigenvalue weighted by Crippen LogP contribution is -2.37. The van der Waals surface area contributed by atoms with Crippen LogP contribution in [0, 0.1) is 11.7 Å². The standard InChI is InChI=1S/C20H18FN3O3S2/c21-16-8-6-14(7-9-16)18-12-15(19(25)23-20-22-10-11-28-20)13-24(18)29(26,27)17-4-2-1-3-5-17/h1-11,15,18H,12-13H2,(H-,22,23,25,26,27)/t15-,18+/m1/s1. The largest absolute Gasteiger partial charge is 0.593 e. The van der Waals surface area contributed by atoms with E-state index in [9.17, 15) is 17.9 Å². The highest BCUT2D eigenvalue weighted by Crippen LogP contribution is 2.41. The first kappa shape index (κ1) is 19.8. The van der Waals surface area contributed by atoms with Gasteiger partial charge < -0.3 is 9.87 Å². The smallest absolute Gasteiger partial charge is 0.230 e. The Labute approximate surface area is 172 Å². The molecule has 1 unspecified atom stereocenters. The molecule has 3 atom stereocenters. The molecule has 9 heteroatoms. The number of sulfonamides is 1. The maximum Gasteiger partial charge on any atom is 0.230 e. The molecule has 1 N–H and O–H groups in total. The lowest BCUT2D eigenvalue weighted by molar-refractivity contribution is -0.119. The van der Waals surface area contributed by atoms with Crippen molar-refractivity contribution in [1.29, 1.82) is 0 Å². The molecule has 1 aliphatic heterocycles. The summed E-state index contributed by atoms with van der Waals surface area (Å²) in [6, 6.07) is 13.3. The predicted octanol–water partition coefficient (Wildman–Crippen LogP) is 3.89. The molecular weight excluding hydrogens is 413 g/mol. The fraction of sp³-hybridized carbons (Fsp3) is 0.200. The second-order valence-corrected chi connectivity index (χ2v) is 9.50. The van der Waals surface area contributed by atoms with E-state index in [0.29, 0.717) is 17.1 Å². The van der Waals surface area contributed by atoms with Crippen molar-refractivity contribution in [1.82, 2.24) is 9.29 Å². The minimum Gasteiger partial charge on any atom is -0.593 e. The van der Waals surface area contributed by atoms with E-state index in [4.69, 9.17) is 0 Å². The van der Waals surface area contributed by atoms with Gasteiger partial charge in [-0.15, -0.1) is 15.6 Å². The number of hydrogen-bond acceptors (Lipinski definition) is 5. The van der Waals surface area contributed by atoms with Crippen molar-refractivity contribution in [2.24, 2.45) is 5.92 Å². The molecule has 2 aromatic carbocycles. The first-order valence-electron chi connectivity index (χ1n) is 8.98. The molecule has 1 aliphatic rings. The number of rotatable bonds is 5. The monoisotopic (exact) mass is 431 g/mol. The van der Waals surface area contributed by atoms with Gasteiger partial charge in [-0.05, 0) is 36.2 Å². The highest BCUT2D eigenvalue weighted by atomic mass is 32.3. The number of halogens is 1. The number of anilines is 1. The van der Waals surface area contributed by atoms with E-state index in [0.717, 1.165) is 0 Å². The maximum atomic E-state index is 13.4. The molecule has 1 aromatic heterocycles. The molecule has 0 radical (unpaired) electrons. The Kier molecular flexibility index (Phi) is 5.55. The van der Waals surface area contributed by atoms with Crippen LogP contribution in [0.4, 0.5) is 9.52 Å². The summed E-state index contributed by atoms with van der Waals surface area (Å²) in [5, 5.41) is 4.96. The van der Waals surface area contributed by atoms with Crippen molar-refractivity contribution in [2.75, 3.05) is 11.9 Å². The van der Waals surface area contributed by atoms with Gasteiger partial charge >= 0.3 is 0 Å². The summed E-state index contributed by atoms with van der Waals surface area (Å²) < 4.78 is 41.3. The van der Waals surface area contributed by atoms with Crippen LogP contribution in [0.5, 0.6) is 0 Å². The van der Waals surface area contributed by atoms with E-state index >= 15 is 0 Å². The third-order valence-corrected chi connectivity index (χ3v) is 7.47. The number of carbonyl (C=O) groups excluding carboxylic acids is 1. The van der Waals surface area contributed by atoms with Crippen molar-refractivity contribution in [3.63, 3.8) is 0 Å². The van der Waals surface area contributed by atoms with Crippen molar-refractivity contribution < 1.29 is 17.9 Å². The van der Waals surface area contributed by atoms with Crippen LogP contribution in [-0.2, 0) is 19.4 Å².